The fourth-order valence-electron chi connectivity index (χ4n) is 2.82. The highest BCUT2D eigenvalue weighted by Gasteiger charge is 2.31. The molecule has 9 heteroatoms. The lowest BCUT2D eigenvalue weighted by molar-refractivity contribution is -0.141. The molecular weight excluding hydrogens is 365 g/mol. The number of nitrogens with zero attached hydrogens (tertiary/aromatic N) is 2. The SMILES string of the molecule is Cc1noc(C(C)C)c1C(=O)OCC(=O)c1cc(C)n(CC(F)(F)F)c1C. The van der Waals surface area contributed by atoms with Crippen LogP contribution in [0.5, 0.6) is 0 Å². The summed E-state index contributed by atoms with van der Waals surface area (Å²) >= 11 is 0. The van der Waals surface area contributed by atoms with E-state index in [0.717, 1.165) is 4.57 Å². The lowest BCUT2D eigenvalue weighted by atomic mass is 10.1. The number of Topliss-reactive ketones (excluding diaryl/α,β-unsaturated/α-hetero) is 1. The summed E-state index contributed by atoms with van der Waals surface area (Å²) in [5.41, 5.74) is 1.09. The van der Waals surface area contributed by atoms with E-state index < -0.39 is 31.1 Å². The van der Waals surface area contributed by atoms with Crippen LogP contribution in [0.25, 0.3) is 0 Å². The first-order valence-corrected chi connectivity index (χ1v) is 8.32. The Morgan fingerprint density at radius 2 is 1.89 bits per heavy atom. The fraction of sp³-hybridized carbons (Fsp3) is 0.500. The number of carbonyl (C=O) groups excluding carboxylic acids is 2. The summed E-state index contributed by atoms with van der Waals surface area (Å²) in [4.78, 5) is 24.7. The van der Waals surface area contributed by atoms with E-state index in [4.69, 9.17) is 9.26 Å². The molecule has 0 aliphatic heterocycles. The van der Waals surface area contributed by atoms with Crippen LogP contribution < -0.4 is 0 Å². The molecule has 148 valence electrons. The van der Waals surface area contributed by atoms with E-state index in [9.17, 15) is 22.8 Å². The van der Waals surface area contributed by atoms with Gasteiger partial charge in [0.05, 0.1) is 5.69 Å². The Hall–Kier alpha value is -2.58. The molecule has 0 bridgehead atoms. The number of hydrogen-bond acceptors (Lipinski definition) is 5. The van der Waals surface area contributed by atoms with Gasteiger partial charge in [0.1, 0.15) is 12.1 Å². The van der Waals surface area contributed by atoms with Gasteiger partial charge in [-0.2, -0.15) is 13.2 Å². The van der Waals surface area contributed by atoms with Crippen molar-refractivity contribution in [3.8, 4) is 0 Å². The van der Waals surface area contributed by atoms with Crippen LogP contribution in [0.4, 0.5) is 13.2 Å². The quantitative estimate of drug-likeness (QED) is 0.551. The van der Waals surface area contributed by atoms with Gasteiger partial charge < -0.3 is 13.8 Å². The molecule has 0 atom stereocenters. The van der Waals surface area contributed by atoms with Gasteiger partial charge in [0.2, 0.25) is 5.78 Å². The zero-order valence-corrected chi connectivity index (χ0v) is 15.7. The summed E-state index contributed by atoms with van der Waals surface area (Å²) in [5.74, 6) is -1.08. The molecule has 27 heavy (non-hydrogen) atoms. The smallest absolute Gasteiger partial charge is 0.406 e. The van der Waals surface area contributed by atoms with Crippen LogP contribution >= 0.6 is 0 Å². The minimum Gasteiger partial charge on any atom is -0.454 e. The highest BCUT2D eigenvalue weighted by Crippen LogP contribution is 2.25. The zero-order chi connectivity index (χ0) is 20.5. The number of hydrogen-bond donors (Lipinski definition) is 0. The van der Waals surface area contributed by atoms with Gasteiger partial charge in [0.25, 0.3) is 0 Å². The largest absolute Gasteiger partial charge is 0.454 e. The third kappa shape index (κ3) is 4.58. The van der Waals surface area contributed by atoms with Gasteiger partial charge >= 0.3 is 12.1 Å². The van der Waals surface area contributed by atoms with Crippen molar-refractivity contribution in [3.05, 3.63) is 40.0 Å². The van der Waals surface area contributed by atoms with Crippen molar-refractivity contribution in [1.29, 1.82) is 0 Å². The van der Waals surface area contributed by atoms with Crippen molar-refractivity contribution in [2.45, 2.75) is 53.3 Å². The first-order chi connectivity index (χ1) is 12.4. The third-order valence-electron chi connectivity index (χ3n) is 4.16. The number of alkyl halides is 3. The number of carbonyl (C=O) groups is 2. The Morgan fingerprint density at radius 1 is 1.26 bits per heavy atom. The summed E-state index contributed by atoms with van der Waals surface area (Å²) in [6, 6.07) is 1.36. The van der Waals surface area contributed by atoms with Crippen LogP contribution in [0.2, 0.25) is 0 Å². The first kappa shape index (κ1) is 20.7. The van der Waals surface area contributed by atoms with E-state index in [1.807, 2.05) is 13.8 Å². The minimum absolute atomic E-state index is 0.0932. The van der Waals surface area contributed by atoms with E-state index >= 15 is 0 Å². The number of aromatic nitrogens is 2. The zero-order valence-electron chi connectivity index (χ0n) is 15.7. The van der Waals surface area contributed by atoms with Crippen LogP contribution in [0.1, 0.15) is 63.3 Å². The van der Waals surface area contributed by atoms with Crippen LogP contribution in [0.15, 0.2) is 10.6 Å². The Balaban J connectivity index is 2.14. The van der Waals surface area contributed by atoms with E-state index in [2.05, 4.69) is 5.16 Å². The molecule has 2 aromatic rings. The monoisotopic (exact) mass is 386 g/mol. The molecule has 0 aliphatic rings. The van der Waals surface area contributed by atoms with Crippen molar-refractivity contribution in [2.24, 2.45) is 0 Å². The van der Waals surface area contributed by atoms with Gasteiger partial charge in [-0.1, -0.05) is 19.0 Å². The maximum atomic E-state index is 12.7. The first-order valence-electron chi connectivity index (χ1n) is 8.32. The molecule has 0 saturated heterocycles. The molecule has 0 N–H and O–H groups in total. The molecule has 0 aromatic carbocycles. The Kier molecular flexibility index (Phi) is 5.82. The fourth-order valence-corrected chi connectivity index (χ4v) is 2.82. The number of ketones is 1. The molecule has 0 radical (unpaired) electrons. The second-order valence-corrected chi connectivity index (χ2v) is 6.65. The van der Waals surface area contributed by atoms with Crippen molar-refractivity contribution < 1.29 is 32.0 Å². The summed E-state index contributed by atoms with van der Waals surface area (Å²) < 4.78 is 49.2. The van der Waals surface area contributed by atoms with Gasteiger partial charge in [-0.05, 0) is 26.8 Å². The summed E-state index contributed by atoms with van der Waals surface area (Å²) in [6.45, 7) is 6.35. The predicted octanol–water partition coefficient (Wildman–Crippen LogP) is 4.13. The molecule has 2 rings (SSSR count). The van der Waals surface area contributed by atoms with Crippen LogP contribution in [-0.2, 0) is 11.3 Å². The number of halogens is 3. The molecule has 6 nitrogen and oxygen atoms in total. The molecule has 2 aromatic heterocycles. The highest BCUT2D eigenvalue weighted by molar-refractivity contribution is 6.00. The van der Waals surface area contributed by atoms with E-state index in [-0.39, 0.29) is 22.7 Å². The number of rotatable bonds is 6. The second-order valence-electron chi connectivity index (χ2n) is 6.65. The molecule has 0 unspecified atom stereocenters. The molecule has 0 spiro atoms. The maximum absolute atomic E-state index is 12.7. The summed E-state index contributed by atoms with van der Waals surface area (Å²) in [6.07, 6.45) is -4.40. The van der Waals surface area contributed by atoms with Crippen molar-refractivity contribution in [2.75, 3.05) is 6.61 Å². The van der Waals surface area contributed by atoms with Crippen LogP contribution in [-0.4, -0.2) is 34.3 Å². The summed E-state index contributed by atoms with van der Waals surface area (Å²) in [7, 11) is 0. The lowest BCUT2D eigenvalue weighted by Crippen LogP contribution is -2.20. The molecule has 0 amide bonds. The maximum Gasteiger partial charge on any atom is 0.406 e. The topological polar surface area (TPSA) is 74.3 Å². The number of ether oxygens (including phenoxy) is 1. The Bertz CT molecular complexity index is 863. The van der Waals surface area contributed by atoms with Crippen molar-refractivity contribution in [3.63, 3.8) is 0 Å². The minimum atomic E-state index is -4.40. The second kappa shape index (κ2) is 7.58. The standard InChI is InChI=1S/C18H21F3N2O4/c1-9(2)16-15(11(4)22-27-16)17(25)26-7-14(24)13-6-10(3)23(12(13)5)8-18(19,20)21/h6,9H,7-8H2,1-5H3. The molecule has 0 saturated carbocycles. The highest BCUT2D eigenvalue weighted by atomic mass is 19.4. The van der Waals surface area contributed by atoms with Gasteiger partial charge in [-0.3, -0.25) is 4.79 Å². The average molecular weight is 386 g/mol. The van der Waals surface area contributed by atoms with Gasteiger partial charge in [-0.25, -0.2) is 4.79 Å². The van der Waals surface area contributed by atoms with Crippen LogP contribution in [0.3, 0.4) is 0 Å². The third-order valence-corrected chi connectivity index (χ3v) is 4.16. The van der Waals surface area contributed by atoms with Crippen molar-refractivity contribution >= 4 is 11.8 Å². The van der Waals surface area contributed by atoms with E-state index in [1.54, 1.807) is 6.92 Å². The Morgan fingerprint density at radius 3 is 2.44 bits per heavy atom. The number of aryl methyl sites for hydroxylation is 2. The summed E-state index contributed by atoms with van der Waals surface area (Å²) in [5, 5.41) is 3.74. The van der Waals surface area contributed by atoms with E-state index in [1.165, 1.54) is 19.9 Å². The Labute approximate surface area is 154 Å². The lowest BCUT2D eigenvalue weighted by Gasteiger charge is -2.12. The van der Waals surface area contributed by atoms with Gasteiger partial charge in [-0.15, -0.1) is 0 Å². The van der Waals surface area contributed by atoms with Crippen molar-refractivity contribution in [1.82, 2.24) is 9.72 Å². The van der Waals surface area contributed by atoms with Gasteiger partial charge in [0.15, 0.2) is 12.4 Å². The molecular formula is C18H21F3N2O4. The van der Waals surface area contributed by atoms with Gasteiger partial charge in [0, 0.05) is 22.9 Å². The molecule has 2 heterocycles. The normalized spacial score (nSPS) is 11.9. The van der Waals surface area contributed by atoms with E-state index in [0.29, 0.717) is 17.1 Å². The molecule has 0 aliphatic carbocycles. The number of esters is 1. The molecule has 0 fully saturated rings. The van der Waals surface area contributed by atoms with Crippen LogP contribution in [0, 0.1) is 20.8 Å². The average Bonchev–Trinajstić information content (AvgIpc) is 3.06. The predicted molar refractivity (Wildman–Crippen MR) is 89.9 cm³/mol.